The molecule has 2 aromatic heterocycles. The Morgan fingerprint density at radius 3 is 2.54 bits per heavy atom. The van der Waals surface area contributed by atoms with Gasteiger partial charge in [-0.3, -0.25) is 9.59 Å². The number of likely N-dealkylation sites (tertiary alicyclic amines) is 1. The second-order valence-corrected chi connectivity index (χ2v) is 8.16. The number of hydrogen-bond acceptors (Lipinski definition) is 6. The van der Waals surface area contributed by atoms with Gasteiger partial charge >= 0.3 is 12.6 Å². The minimum atomic E-state index is -2.91. The Kier molecular flexibility index (Phi) is 6.99. The highest BCUT2D eigenvalue weighted by molar-refractivity contribution is 6.00. The molecule has 0 N–H and O–H groups in total. The number of nitrogens with zero attached hydrogens (tertiary/aromatic N) is 2. The van der Waals surface area contributed by atoms with Crippen LogP contribution in [0.4, 0.5) is 8.78 Å². The van der Waals surface area contributed by atoms with Gasteiger partial charge in [0.2, 0.25) is 5.78 Å². The fourth-order valence-electron chi connectivity index (χ4n) is 4.33. The summed E-state index contributed by atoms with van der Waals surface area (Å²) in [6, 6.07) is 10.1. The number of halogens is 2. The van der Waals surface area contributed by atoms with E-state index in [9.17, 15) is 23.2 Å². The van der Waals surface area contributed by atoms with E-state index in [1.54, 1.807) is 42.7 Å². The summed E-state index contributed by atoms with van der Waals surface area (Å²) in [7, 11) is 0. The third-order valence-corrected chi connectivity index (χ3v) is 5.91. The number of carbonyl (C=O) groups is 3. The topological polar surface area (TPSA) is 91.0 Å². The molecule has 10 heteroatoms. The molecule has 3 heterocycles. The predicted molar refractivity (Wildman–Crippen MR) is 120 cm³/mol. The standard InChI is InChI=1S/C25H24F2N2O6/c1-15-13-19(16(2)29(15)17-7-9-18(10-8-17)35-25(26)27)21(30)14-34-24(32)20-5-3-11-28(20)23(31)22-6-4-12-33-22/h4,6-10,12-13,20,25H,3,5,11,14H2,1-2H3. The SMILES string of the molecule is Cc1cc(C(=O)COC(=O)C2CCCN2C(=O)c2ccco2)c(C)n1-c1ccc(OC(F)F)cc1. The van der Waals surface area contributed by atoms with E-state index in [4.69, 9.17) is 9.15 Å². The highest BCUT2D eigenvalue weighted by atomic mass is 19.3. The molecule has 0 saturated carbocycles. The fraction of sp³-hybridized carbons (Fsp3) is 0.320. The van der Waals surface area contributed by atoms with Crippen molar-refractivity contribution in [2.45, 2.75) is 39.3 Å². The van der Waals surface area contributed by atoms with Crippen molar-refractivity contribution in [1.29, 1.82) is 0 Å². The lowest BCUT2D eigenvalue weighted by molar-refractivity contribution is -0.147. The summed E-state index contributed by atoms with van der Waals surface area (Å²) in [6.45, 7) is 0.559. The first-order valence-electron chi connectivity index (χ1n) is 11.0. The zero-order chi connectivity index (χ0) is 25.1. The van der Waals surface area contributed by atoms with Gasteiger partial charge in [-0.25, -0.2) is 4.79 Å². The van der Waals surface area contributed by atoms with Gasteiger partial charge in [0.15, 0.2) is 12.4 Å². The molecule has 0 spiro atoms. The number of hydrogen-bond donors (Lipinski definition) is 0. The van der Waals surface area contributed by atoms with Crippen LogP contribution in [-0.4, -0.2) is 52.9 Å². The summed E-state index contributed by atoms with van der Waals surface area (Å²) in [4.78, 5) is 39.5. The van der Waals surface area contributed by atoms with Crippen molar-refractivity contribution >= 4 is 17.7 Å². The lowest BCUT2D eigenvalue weighted by Gasteiger charge is -2.22. The first-order valence-corrected chi connectivity index (χ1v) is 11.0. The molecule has 1 saturated heterocycles. The van der Waals surface area contributed by atoms with E-state index in [1.807, 2.05) is 0 Å². The van der Waals surface area contributed by atoms with E-state index in [-0.39, 0.29) is 11.5 Å². The summed E-state index contributed by atoms with van der Waals surface area (Å²) in [5.41, 5.74) is 2.39. The summed E-state index contributed by atoms with van der Waals surface area (Å²) in [5, 5.41) is 0. The summed E-state index contributed by atoms with van der Waals surface area (Å²) < 4.78 is 41.4. The molecule has 0 radical (unpaired) electrons. The number of Topliss-reactive ketones (excluding diaryl/α,β-unsaturated/α-hetero) is 1. The molecule has 0 aliphatic carbocycles. The van der Waals surface area contributed by atoms with Gasteiger partial charge in [-0.1, -0.05) is 0 Å². The lowest BCUT2D eigenvalue weighted by Crippen LogP contribution is -2.41. The number of ketones is 1. The van der Waals surface area contributed by atoms with Crippen molar-refractivity contribution < 1.29 is 37.1 Å². The van der Waals surface area contributed by atoms with E-state index in [1.165, 1.54) is 29.4 Å². The average Bonchev–Trinajstić information content (AvgIpc) is 3.58. The predicted octanol–water partition coefficient (Wildman–Crippen LogP) is 4.32. The minimum Gasteiger partial charge on any atom is -0.459 e. The van der Waals surface area contributed by atoms with Crippen LogP contribution in [0.25, 0.3) is 5.69 Å². The number of rotatable bonds is 8. The highest BCUT2D eigenvalue weighted by Crippen LogP contribution is 2.25. The van der Waals surface area contributed by atoms with Crippen LogP contribution >= 0.6 is 0 Å². The molecular formula is C25H24F2N2O6. The first kappa shape index (κ1) is 24.2. The van der Waals surface area contributed by atoms with E-state index >= 15 is 0 Å². The van der Waals surface area contributed by atoms with Gasteiger partial charge in [-0.05, 0) is 69.2 Å². The number of ether oxygens (including phenoxy) is 2. The molecule has 4 rings (SSSR count). The number of aryl methyl sites for hydroxylation is 1. The van der Waals surface area contributed by atoms with Crippen molar-refractivity contribution in [3.8, 4) is 11.4 Å². The van der Waals surface area contributed by atoms with E-state index < -0.39 is 36.9 Å². The molecule has 0 bridgehead atoms. The van der Waals surface area contributed by atoms with E-state index in [0.717, 1.165) is 5.69 Å². The maximum atomic E-state index is 12.9. The molecule has 184 valence electrons. The van der Waals surface area contributed by atoms with Gasteiger partial charge in [0.1, 0.15) is 11.8 Å². The molecular weight excluding hydrogens is 462 g/mol. The summed E-state index contributed by atoms with van der Waals surface area (Å²) in [6.07, 6.45) is 2.47. The molecule has 8 nitrogen and oxygen atoms in total. The van der Waals surface area contributed by atoms with Gasteiger partial charge in [-0.2, -0.15) is 8.78 Å². The Morgan fingerprint density at radius 2 is 1.89 bits per heavy atom. The number of carbonyl (C=O) groups excluding carboxylic acids is 3. The van der Waals surface area contributed by atoms with Crippen LogP contribution in [0.15, 0.2) is 53.1 Å². The maximum absolute atomic E-state index is 12.9. The van der Waals surface area contributed by atoms with Crippen LogP contribution < -0.4 is 4.74 Å². The Balaban J connectivity index is 1.42. The van der Waals surface area contributed by atoms with Gasteiger partial charge < -0.3 is 23.4 Å². The van der Waals surface area contributed by atoms with Crippen molar-refractivity contribution in [2.75, 3.05) is 13.2 Å². The molecule has 1 aliphatic rings. The molecule has 1 amide bonds. The number of amides is 1. The average molecular weight is 486 g/mol. The zero-order valence-corrected chi connectivity index (χ0v) is 19.2. The number of furan rings is 1. The van der Waals surface area contributed by atoms with E-state index in [2.05, 4.69) is 4.74 Å². The van der Waals surface area contributed by atoms with Crippen LogP contribution in [0.2, 0.25) is 0 Å². The smallest absolute Gasteiger partial charge is 0.387 e. The summed E-state index contributed by atoms with van der Waals surface area (Å²) in [5.74, 6) is -1.26. The normalized spacial score (nSPS) is 15.5. The van der Waals surface area contributed by atoms with Crippen LogP contribution in [0, 0.1) is 13.8 Å². The van der Waals surface area contributed by atoms with Gasteiger partial charge in [-0.15, -0.1) is 0 Å². The maximum Gasteiger partial charge on any atom is 0.387 e. The lowest BCUT2D eigenvalue weighted by atomic mass is 10.1. The second kappa shape index (κ2) is 10.1. The number of aromatic nitrogens is 1. The fourth-order valence-corrected chi connectivity index (χ4v) is 4.33. The molecule has 1 aliphatic heterocycles. The molecule has 1 aromatic carbocycles. The van der Waals surface area contributed by atoms with Crippen molar-refractivity contribution in [3.05, 3.63) is 71.4 Å². The van der Waals surface area contributed by atoms with Gasteiger partial charge in [0, 0.05) is 29.2 Å². The van der Waals surface area contributed by atoms with Gasteiger partial charge in [0.05, 0.1) is 6.26 Å². The quantitative estimate of drug-likeness (QED) is 0.348. The van der Waals surface area contributed by atoms with Crippen molar-refractivity contribution in [2.24, 2.45) is 0 Å². The highest BCUT2D eigenvalue weighted by Gasteiger charge is 2.37. The molecule has 35 heavy (non-hydrogen) atoms. The zero-order valence-electron chi connectivity index (χ0n) is 19.2. The van der Waals surface area contributed by atoms with Gasteiger partial charge in [0.25, 0.3) is 5.91 Å². The Bertz CT molecular complexity index is 1220. The summed E-state index contributed by atoms with van der Waals surface area (Å²) >= 11 is 0. The van der Waals surface area contributed by atoms with Crippen LogP contribution in [0.3, 0.4) is 0 Å². The Hall–Kier alpha value is -3.95. The largest absolute Gasteiger partial charge is 0.459 e. The Morgan fingerprint density at radius 1 is 1.14 bits per heavy atom. The third-order valence-electron chi connectivity index (χ3n) is 5.91. The van der Waals surface area contributed by atoms with Crippen molar-refractivity contribution in [3.63, 3.8) is 0 Å². The second-order valence-electron chi connectivity index (χ2n) is 8.16. The molecule has 1 unspecified atom stereocenters. The van der Waals surface area contributed by atoms with Crippen LogP contribution in [-0.2, 0) is 9.53 Å². The van der Waals surface area contributed by atoms with Crippen LogP contribution in [0.1, 0.15) is 45.1 Å². The monoisotopic (exact) mass is 486 g/mol. The number of esters is 1. The minimum absolute atomic E-state index is 0.0286. The van der Waals surface area contributed by atoms with Crippen molar-refractivity contribution in [1.82, 2.24) is 9.47 Å². The number of alkyl halides is 2. The number of benzene rings is 1. The first-order chi connectivity index (χ1) is 16.8. The molecule has 3 aromatic rings. The molecule has 1 atom stereocenters. The Labute approximate surface area is 200 Å². The third kappa shape index (κ3) is 5.11. The van der Waals surface area contributed by atoms with Crippen LogP contribution in [0.5, 0.6) is 5.75 Å². The molecule has 1 fully saturated rings. The van der Waals surface area contributed by atoms with E-state index in [0.29, 0.717) is 36.3 Å².